The summed E-state index contributed by atoms with van der Waals surface area (Å²) in [5, 5.41) is 11.9. The van der Waals surface area contributed by atoms with E-state index in [9.17, 15) is 0 Å². The minimum atomic E-state index is 0.413. The molecule has 2 aliphatic rings. The van der Waals surface area contributed by atoms with Crippen molar-refractivity contribution in [2.24, 2.45) is 5.92 Å². The van der Waals surface area contributed by atoms with Crippen molar-refractivity contribution in [1.82, 2.24) is 20.3 Å². The summed E-state index contributed by atoms with van der Waals surface area (Å²) in [6.45, 7) is 5.98. The summed E-state index contributed by atoms with van der Waals surface area (Å²) in [4.78, 5) is 0. The van der Waals surface area contributed by atoms with E-state index in [4.69, 9.17) is 4.74 Å². The molecule has 1 saturated heterocycles. The quantitative estimate of drug-likeness (QED) is 0.841. The highest BCUT2D eigenvalue weighted by molar-refractivity contribution is 5.13. The zero-order valence-electron chi connectivity index (χ0n) is 10.4. The molecule has 2 aliphatic heterocycles. The van der Waals surface area contributed by atoms with Gasteiger partial charge in [-0.25, -0.2) is 4.68 Å². The molecule has 0 bridgehead atoms. The maximum Gasteiger partial charge on any atom is 0.0997 e. The molecule has 1 aromatic rings. The minimum Gasteiger partial charge on any atom is -0.378 e. The van der Waals surface area contributed by atoms with E-state index >= 15 is 0 Å². The Kier molecular flexibility index (Phi) is 3.11. The summed E-state index contributed by atoms with van der Waals surface area (Å²) in [6.07, 6.45) is 3.72. The number of nitrogens with one attached hydrogen (secondary N) is 1. The lowest BCUT2D eigenvalue weighted by Gasteiger charge is -2.19. The Balaban J connectivity index is 1.74. The molecule has 0 saturated carbocycles. The molecule has 5 heteroatoms. The van der Waals surface area contributed by atoms with Gasteiger partial charge in [0.15, 0.2) is 0 Å². The Hall–Kier alpha value is -0.940. The van der Waals surface area contributed by atoms with Gasteiger partial charge in [-0.05, 0) is 12.8 Å². The SMILES string of the molecule is CCC1OCCC1Cn1nnc2c1CCNC2. The lowest BCUT2D eigenvalue weighted by atomic mass is 9.99. The van der Waals surface area contributed by atoms with Crippen LogP contribution in [-0.4, -0.2) is 34.2 Å². The molecule has 0 aromatic carbocycles. The molecule has 1 fully saturated rings. The second-order valence-corrected chi connectivity index (χ2v) is 4.96. The number of nitrogens with zero attached hydrogens (tertiary/aromatic N) is 3. The van der Waals surface area contributed by atoms with E-state index in [0.29, 0.717) is 12.0 Å². The molecule has 0 radical (unpaired) electrons. The van der Waals surface area contributed by atoms with Gasteiger partial charge in [-0.15, -0.1) is 5.10 Å². The van der Waals surface area contributed by atoms with Crippen LogP contribution < -0.4 is 5.32 Å². The van der Waals surface area contributed by atoms with Gasteiger partial charge in [0.1, 0.15) is 0 Å². The van der Waals surface area contributed by atoms with Gasteiger partial charge in [0.2, 0.25) is 0 Å². The molecule has 5 nitrogen and oxygen atoms in total. The molecule has 17 heavy (non-hydrogen) atoms. The van der Waals surface area contributed by atoms with E-state index in [1.54, 1.807) is 0 Å². The first-order valence-electron chi connectivity index (χ1n) is 6.62. The number of hydrogen-bond donors (Lipinski definition) is 1. The van der Waals surface area contributed by atoms with Gasteiger partial charge < -0.3 is 10.1 Å². The van der Waals surface area contributed by atoms with Gasteiger partial charge in [-0.3, -0.25) is 0 Å². The summed E-state index contributed by atoms with van der Waals surface area (Å²) in [5.41, 5.74) is 2.45. The third-order valence-electron chi connectivity index (χ3n) is 3.91. The first-order chi connectivity index (χ1) is 8.38. The van der Waals surface area contributed by atoms with Crippen LogP contribution >= 0.6 is 0 Å². The van der Waals surface area contributed by atoms with Crippen LogP contribution in [0.4, 0.5) is 0 Å². The third kappa shape index (κ3) is 2.09. The highest BCUT2D eigenvalue weighted by Crippen LogP contribution is 2.25. The lowest BCUT2D eigenvalue weighted by molar-refractivity contribution is 0.0822. The zero-order chi connectivity index (χ0) is 11.7. The third-order valence-corrected chi connectivity index (χ3v) is 3.91. The maximum absolute atomic E-state index is 5.73. The van der Waals surface area contributed by atoms with Crippen LogP contribution in [0.2, 0.25) is 0 Å². The summed E-state index contributed by atoms with van der Waals surface area (Å²) >= 11 is 0. The molecule has 0 aliphatic carbocycles. The van der Waals surface area contributed by atoms with Crippen molar-refractivity contribution in [3.05, 3.63) is 11.4 Å². The Morgan fingerprint density at radius 1 is 1.53 bits per heavy atom. The molecule has 1 N–H and O–H groups in total. The predicted octanol–water partition coefficient (Wildman–Crippen LogP) is 0.739. The van der Waals surface area contributed by atoms with Crippen LogP contribution in [0, 0.1) is 5.92 Å². The van der Waals surface area contributed by atoms with E-state index in [1.807, 2.05) is 0 Å². The van der Waals surface area contributed by atoms with Gasteiger partial charge in [0.05, 0.1) is 17.5 Å². The fraction of sp³-hybridized carbons (Fsp3) is 0.833. The predicted molar refractivity (Wildman–Crippen MR) is 63.6 cm³/mol. The Labute approximate surface area is 102 Å². The van der Waals surface area contributed by atoms with E-state index < -0.39 is 0 Å². The topological polar surface area (TPSA) is 52.0 Å². The largest absolute Gasteiger partial charge is 0.378 e. The molecule has 94 valence electrons. The van der Waals surface area contributed by atoms with Gasteiger partial charge in [0.25, 0.3) is 0 Å². The summed E-state index contributed by atoms with van der Waals surface area (Å²) in [7, 11) is 0. The van der Waals surface area contributed by atoms with Crippen LogP contribution in [0.3, 0.4) is 0 Å². The van der Waals surface area contributed by atoms with Gasteiger partial charge >= 0.3 is 0 Å². The summed E-state index contributed by atoms with van der Waals surface area (Å²) < 4.78 is 7.84. The smallest absolute Gasteiger partial charge is 0.0997 e. The normalized spacial score (nSPS) is 28.3. The number of ether oxygens (including phenoxy) is 1. The molecule has 2 atom stereocenters. The van der Waals surface area contributed by atoms with Crippen LogP contribution in [0.15, 0.2) is 0 Å². The van der Waals surface area contributed by atoms with Crippen molar-refractivity contribution in [1.29, 1.82) is 0 Å². The van der Waals surface area contributed by atoms with Crippen molar-refractivity contribution in [3.63, 3.8) is 0 Å². The minimum absolute atomic E-state index is 0.413. The van der Waals surface area contributed by atoms with E-state index in [2.05, 4.69) is 27.2 Å². The molecule has 1 aromatic heterocycles. The molecule has 0 spiro atoms. The van der Waals surface area contributed by atoms with Gasteiger partial charge in [0, 0.05) is 38.6 Å². The van der Waals surface area contributed by atoms with Crippen LogP contribution in [-0.2, 0) is 24.2 Å². The van der Waals surface area contributed by atoms with Crippen molar-refractivity contribution >= 4 is 0 Å². The first kappa shape index (κ1) is 11.2. The van der Waals surface area contributed by atoms with Crippen molar-refractivity contribution in [2.45, 2.75) is 45.4 Å². The molecule has 2 unspecified atom stereocenters. The van der Waals surface area contributed by atoms with E-state index in [-0.39, 0.29) is 0 Å². The standard InChI is InChI=1S/C12H20N4O/c1-2-12-9(4-6-17-12)8-16-11-3-5-13-7-10(11)14-15-16/h9,12-13H,2-8H2,1H3. The Morgan fingerprint density at radius 3 is 3.35 bits per heavy atom. The molecular formula is C12H20N4O. The second-order valence-electron chi connectivity index (χ2n) is 4.96. The monoisotopic (exact) mass is 236 g/mol. The molecule has 3 heterocycles. The van der Waals surface area contributed by atoms with Crippen LogP contribution in [0.25, 0.3) is 0 Å². The van der Waals surface area contributed by atoms with Gasteiger partial charge in [-0.1, -0.05) is 12.1 Å². The Bertz CT molecular complexity index is 390. The van der Waals surface area contributed by atoms with Crippen LogP contribution in [0.5, 0.6) is 0 Å². The van der Waals surface area contributed by atoms with Crippen molar-refractivity contribution < 1.29 is 4.74 Å². The Morgan fingerprint density at radius 2 is 2.47 bits per heavy atom. The van der Waals surface area contributed by atoms with Crippen molar-refractivity contribution in [2.75, 3.05) is 13.2 Å². The first-order valence-corrected chi connectivity index (χ1v) is 6.62. The highest BCUT2D eigenvalue weighted by atomic mass is 16.5. The molecular weight excluding hydrogens is 216 g/mol. The zero-order valence-corrected chi connectivity index (χ0v) is 10.4. The number of fused-ring (bicyclic) bond motifs is 1. The highest BCUT2D eigenvalue weighted by Gasteiger charge is 2.28. The maximum atomic E-state index is 5.73. The number of hydrogen-bond acceptors (Lipinski definition) is 4. The lowest BCUT2D eigenvalue weighted by Crippen LogP contribution is -2.27. The number of aromatic nitrogens is 3. The molecule has 0 amide bonds. The average molecular weight is 236 g/mol. The second kappa shape index (κ2) is 4.74. The molecule has 3 rings (SSSR count). The number of rotatable bonds is 3. The summed E-state index contributed by atoms with van der Waals surface area (Å²) in [5.74, 6) is 0.612. The van der Waals surface area contributed by atoms with Crippen molar-refractivity contribution in [3.8, 4) is 0 Å². The summed E-state index contributed by atoms with van der Waals surface area (Å²) in [6, 6.07) is 0. The van der Waals surface area contributed by atoms with Crippen LogP contribution in [0.1, 0.15) is 31.2 Å². The van der Waals surface area contributed by atoms with E-state index in [1.165, 1.54) is 5.69 Å². The van der Waals surface area contributed by atoms with Gasteiger partial charge in [-0.2, -0.15) is 0 Å². The van der Waals surface area contributed by atoms with E-state index in [0.717, 1.165) is 51.2 Å². The average Bonchev–Trinajstić information content (AvgIpc) is 2.97. The fourth-order valence-electron chi connectivity index (χ4n) is 2.91. The fourth-order valence-corrected chi connectivity index (χ4v) is 2.91.